The first-order chi connectivity index (χ1) is 11.7. The Labute approximate surface area is 140 Å². The van der Waals surface area contributed by atoms with Crippen molar-refractivity contribution >= 4 is 16.8 Å². The van der Waals surface area contributed by atoms with Gasteiger partial charge in [-0.05, 0) is 49.2 Å². The number of aromatic amines is 1. The highest BCUT2D eigenvalue weighted by atomic mass is 19.1. The van der Waals surface area contributed by atoms with Crippen LogP contribution in [0.4, 0.5) is 4.39 Å². The summed E-state index contributed by atoms with van der Waals surface area (Å²) in [5.74, 6) is 0.282. The van der Waals surface area contributed by atoms with E-state index in [1.165, 1.54) is 6.07 Å². The van der Waals surface area contributed by atoms with E-state index in [2.05, 4.69) is 4.98 Å². The molecular formula is C20H19FN2O. The molecule has 1 fully saturated rings. The Balaban J connectivity index is 1.46. The van der Waals surface area contributed by atoms with Crippen LogP contribution in [0.1, 0.15) is 34.8 Å². The third-order valence-corrected chi connectivity index (χ3v) is 4.85. The topological polar surface area (TPSA) is 36.1 Å². The first-order valence-electron chi connectivity index (χ1n) is 8.33. The minimum absolute atomic E-state index is 0.104. The number of hydrogen-bond acceptors (Lipinski definition) is 1. The van der Waals surface area contributed by atoms with Gasteiger partial charge in [0, 0.05) is 41.2 Å². The van der Waals surface area contributed by atoms with Crippen molar-refractivity contribution in [3.8, 4) is 0 Å². The van der Waals surface area contributed by atoms with Gasteiger partial charge in [-0.15, -0.1) is 0 Å². The predicted molar refractivity (Wildman–Crippen MR) is 92.6 cm³/mol. The summed E-state index contributed by atoms with van der Waals surface area (Å²) in [5, 5.41) is 0.910. The number of aromatic nitrogens is 1. The lowest BCUT2D eigenvalue weighted by Crippen LogP contribution is -2.37. The molecule has 0 unspecified atom stereocenters. The molecule has 4 heteroatoms. The summed E-state index contributed by atoms with van der Waals surface area (Å²) in [4.78, 5) is 17.8. The lowest BCUT2D eigenvalue weighted by Gasteiger charge is -2.31. The van der Waals surface area contributed by atoms with E-state index < -0.39 is 0 Å². The van der Waals surface area contributed by atoms with Crippen molar-refractivity contribution in [1.82, 2.24) is 9.88 Å². The van der Waals surface area contributed by atoms with Crippen LogP contribution in [0, 0.1) is 5.82 Å². The molecule has 0 spiro atoms. The van der Waals surface area contributed by atoms with Gasteiger partial charge >= 0.3 is 0 Å². The standard InChI is InChI=1S/C20H19FN2O/c21-17-6-7-18-16(12-17)13-19(22-18)14-8-10-23(11-9-14)20(24)15-4-2-1-3-5-15/h1-7,12-14,22H,8-11H2. The predicted octanol–water partition coefficient (Wildman–Crippen LogP) is 4.33. The summed E-state index contributed by atoms with van der Waals surface area (Å²) in [5.41, 5.74) is 2.86. The average molecular weight is 322 g/mol. The SMILES string of the molecule is O=C(c1ccccc1)N1CCC(c2cc3cc(F)ccc3[nH]2)CC1. The molecular weight excluding hydrogens is 303 g/mol. The molecule has 0 aliphatic carbocycles. The third kappa shape index (κ3) is 2.80. The lowest BCUT2D eigenvalue weighted by molar-refractivity contribution is 0.0712. The first-order valence-corrected chi connectivity index (χ1v) is 8.33. The number of carbonyl (C=O) groups is 1. The second-order valence-corrected chi connectivity index (χ2v) is 6.39. The van der Waals surface area contributed by atoms with Crippen LogP contribution in [-0.2, 0) is 0 Å². The van der Waals surface area contributed by atoms with Gasteiger partial charge in [-0.1, -0.05) is 18.2 Å². The zero-order valence-electron chi connectivity index (χ0n) is 13.3. The second-order valence-electron chi connectivity index (χ2n) is 6.39. The van der Waals surface area contributed by atoms with E-state index in [0.717, 1.165) is 48.1 Å². The highest BCUT2D eigenvalue weighted by Gasteiger charge is 2.25. The molecule has 1 aliphatic heterocycles. The van der Waals surface area contributed by atoms with E-state index in [1.807, 2.05) is 41.3 Å². The maximum Gasteiger partial charge on any atom is 0.253 e. The molecule has 1 amide bonds. The minimum Gasteiger partial charge on any atom is -0.358 e. The van der Waals surface area contributed by atoms with Gasteiger partial charge in [0.2, 0.25) is 0 Å². The largest absolute Gasteiger partial charge is 0.358 e. The Morgan fingerprint density at radius 3 is 2.54 bits per heavy atom. The normalized spacial score (nSPS) is 15.8. The highest BCUT2D eigenvalue weighted by molar-refractivity contribution is 5.94. The third-order valence-electron chi connectivity index (χ3n) is 4.85. The van der Waals surface area contributed by atoms with Crippen LogP contribution in [0.5, 0.6) is 0 Å². The Morgan fingerprint density at radius 2 is 1.79 bits per heavy atom. The molecule has 1 aromatic heterocycles. The Hall–Kier alpha value is -2.62. The van der Waals surface area contributed by atoms with Crippen LogP contribution in [-0.4, -0.2) is 28.9 Å². The molecule has 0 radical (unpaired) electrons. The Morgan fingerprint density at radius 1 is 1.04 bits per heavy atom. The van der Waals surface area contributed by atoms with Crippen LogP contribution < -0.4 is 0 Å². The summed E-state index contributed by atoms with van der Waals surface area (Å²) in [6.07, 6.45) is 1.85. The Kier molecular flexibility index (Phi) is 3.81. The monoisotopic (exact) mass is 322 g/mol. The highest BCUT2D eigenvalue weighted by Crippen LogP contribution is 2.30. The summed E-state index contributed by atoms with van der Waals surface area (Å²) in [7, 11) is 0. The molecule has 3 nitrogen and oxygen atoms in total. The number of H-pyrrole nitrogens is 1. The van der Waals surface area contributed by atoms with Crippen molar-refractivity contribution in [2.24, 2.45) is 0 Å². The fourth-order valence-electron chi connectivity index (χ4n) is 3.50. The van der Waals surface area contributed by atoms with Crippen molar-refractivity contribution < 1.29 is 9.18 Å². The molecule has 2 heterocycles. The van der Waals surface area contributed by atoms with Gasteiger partial charge in [-0.3, -0.25) is 4.79 Å². The summed E-state index contributed by atoms with van der Waals surface area (Å²) in [6, 6.07) is 16.3. The molecule has 24 heavy (non-hydrogen) atoms. The fraction of sp³-hybridized carbons (Fsp3) is 0.250. The molecule has 1 N–H and O–H groups in total. The number of amides is 1. The molecule has 0 atom stereocenters. The quantitative estimate of drug-likeness (QED) is 0.749. The molecule has 1 saturated heterocycles. The second kappa shape index (κ2) is 6.11. The fourth-order valence-corrected chi connectivity index (χ4v) is 3.50. The van der Waals surface area contributed by atoms with E-state index in [9.17, 15) is 9.18 Å². The minimum atomic E-state index is -0.212. The van der Waals surface area contributed by atoms with Gasteiger partial charge in [-0.25, -0.2) is 4.39 Å². The molecule has 122 valence electrons. The van der Waals surface area contributed by atoms with Crippen molar-refractivity contribution in [2.45, 2.75) is 18.8 Å². The number of fused-ring (bicyclic) bond motifs is 1. The van der Waals surface area contributed by atoms with Gasteiger partial charge in [0.05, 0.1) is 0 Å². The molecule has 0 bridgehead atoms. The number of nitrogens with zero attached hydrogens (tertiary/aromatic N) is 1. The van der Waals surface area contributed by atoms with Crippen LogP contribution in [0.15, 0.2) is 54.6 Å². The van der Waals surface area contributed by atoms with Gasteiger partial charge in [0.25, 0.3) is 5.91 Å². The van der Waals surface area contributed by atoms with Crippen LogP contribution in [0.3, 0.4) is 0 Å². The number of likely N-dealkylation sites (tertiary alicyclic amines) is 1. The number of carbonyl (C=O) groups excluding carboxylic acids is 1. The molecule has 4 rings (SSSR count). The van der Waals surface area contributed by atoms with Crippen LogP contribution >= 0.6 is 0 Å². The summed E-state index contributed by atoms with van der Waals surface area (Å²) >= 11 is 0. The Bertz CT molecular complexity index is 864. The van der Waals surface area contributed by atoms with Gasteiger partial charge in [-0.2, -0.15) is 0 Å². The van der Waals surface area contributed by atoms with Crippen molar-refractivity contribution in [2.75, 3.05) is 13.1 Å². The molecule has 1 aliphatic rings. The smallest absolute Gasteiger partial charge is 0.253 e. The number of piperidine rings is 1. The zero-order chi connectivity index (χ0) is 16.5. The van der Waals surface area contributed by atoms with E-state index in [4.69, 9.17) is 0 Å². The number of benzene rings is 2. The summed E-state index contributed by atoms with van der Waals surface area (Å²) in [6.45, 7) is 1.50. The van der Waals surface area contributed by atoms with Crippen molar-refractivity contribution in [1.29, 1.82) is 0 Å². The van der Waals surface area contributed by atoms with Gasteiger partial charge in [0.1, 0.15) is 5.82 Å². The number of rotatable bonds is 2. The van der Waals surface area contributed by atoms with E-state index >= 15 is 0 Å². The van der Waals surface area contributed by atoms with Crippen LogP contribution in [0.25, 0.3) is 10.9 Å². The van der Waals surface area contributed by atoms with Gasteiger partial charge < -0.3 is 9.88 Å². The average Bonchev–Trinajstić information content (AvgIpc) is 3.05. The van der Waals surface area contributed by atoms with Crippen molar-refractivity contribution in [3.63, 3.8) is 0 Å². The zero-order valence-corrected chi connectivity index (χ0v) is 13.3. The maximum atomic E-state index is 13.3. The van der Waals surface area contributed by atoms with E-state index in [1.54, 1.807) is 12.1 Å². The van der Waals surface area contributed by atoms with E-state index in [0.29, 0.717) is 5.92 Å². The number of nitrogens with one attached hydrogen (secondary N) is 1. The molecule has 2 aromatic carbocycles. The summed E-state index contributed by atoms with van der Waals surface area (Å²) < 4.78 is 13.3. The number of hydrogen-bond donors (Lipinski definition) is 1. The van der Waals surface area contributed by atoms with Gasteiger partial charge in [0.15, 0.2) is 0 Å². The maximum absolute atomic E-state index is 13.3. The van der Waals surface area contributed by atoms with Crippen molar-refractivity contribution in [3.05, 3.63) is 71.7 Å². The lowest BCUT2D eigenvalue weighted by atomic mass is 9.93. The molecule has 0 saturated carbocycles. The molecule has 3 aromatic rings. The number of halogens is 1. The van der Waals surface area contributed by atoms with Crippen LogP contribution in [0.2, 0.25) is 0 Å². The first kappa shape index (κ1) is 14.9. The van der Waals surface area contributed by atoms with E-state index in [-0.39, 0.29) is 11.7 Å².